The van der Waals surface area contributed by atoms with Crippen LogP contribution in [0.2, 0.25) is 5.15 Å². The van der Waals surface area contributed by atoms with Gasteiger partial charge in [-0.3, -0.25) is 10.1 Å². The number of pyridine rings is 1. The Hall–Kier alpha value is -2.66. The number of hydrogen-bond donors (Lipinski definition) is 1. The molecule has 0 radical (unpaired) electrons. The molecule has 0 bridgehead atoms. The molecule has 3 rings (SSSR count). The molecule has 116 valence electrons. The molecule has 0 unspecified atom stereocenters. The molecule has 23 heavy (non-hydrogen) atoms. The lowest BCUT2D eigenvalue weighted by Crippen LogP contribution is -2.02. The molecule has 2 heterocycles. The SMILES string of the molecule is CCOC(=O)/C=C(\c1cccnc1)c1ccc2n[nH]c(Cl)c2c1. The number of H-pyrrole nitrogens is 1. The zero-order valence-electron chi connectivity index (χ0n) is 12.4. The van der Waals surface area contributed by atoms with Crippen LogP contribution in [0.25, 0.3) is 16.5 Å². The van der Waals surface area contributed by atoms with E-state index in [0.29, 0.717) is 11.8 Å². The molecule has 0 aliphatic heterocycles. The molecule has 0 aliphatic carbocycles. The molecule has 5 nitrogen and oxygen atoms in total. The molecular weight excluding hydrogens is 314 g/mol. The molecular formula is C17H14ClN3O2. The minimum atomic E-state index is -0.398. The normalized spacial score (nSPS) is 11.7. The van der Waals surface area contributed by atoms with Crippen molar-refractivity contribution in [2.75, 3.05) is 6.61 Å². The third-order valence-electron chi connectivity index (χ3n) is 3.34. The number of aromatic amines is 1. The van der Waals surface area contributed by atoms with E-state index in [-0.39, 0.29) is 0 Å². The first kappa shape index (κ1) is 15.2. The van der Waals surface area contributed by atoms with E-state index in [1.54, 1.807) is 19.3 Å². The smallest absolute Gasteiger partial charge is 0.331 e. The van der Waals surface area contributed by atoms with Crippen LogP contribution in [0.4, 0.5) is 0 Å². The van der Waals surface area contributed by atoms with Crippen LogP contribution in [0.5, 0.6) is 0 Å². The maximum absolute atomic E-state index is 11.9. The van der Waals surface area contributed by atoms with Gasteiger partial charge in [0.05, 0.1) is 12.1 Å². The number of carbonyl (C=O) groups excluding carboxylic acids is 1. The van der Waals surface area contributed by atoms with Gasteiger partial charge in [-0.25, -0.2) is 4.79 Å². The Bertz CT molecular complexity index is 872. The molecule has 0 aliphatic rings. The van der Waals surface area contributed by atoms with Gasteiger partial charge in [0, 0.05) is 29.4 Å². The summed E-state index contributed by atoms with van der Waals surface area (Å²) in [5.41, 5.74) is 3.14. The van der Waals surface area contributed by atoms with Gasteiger partial charge in [-0.05, 0) is 36.3 Å². The van der Waals surface area contributed by atoms with Crippen LogP contribution in [0.3, 0.4) is 0 Å². The Morgan fingerprint density at radius 2 is 2.22 bits per heavy atom. The molecule has 3 aromatic rings. The third kappa shape index (κ3) is 3.24. The highest BCUT2D eigenvalue weighted by atomic mass is 35.5. The largest absolute Gasteiger partial charge is 0.463 e. The molecule has 0 saturated carbocycles. The second kappa shape index (κ2) is 6.62. The monoisotopic (exact) mass is 327 g/mol. The van der Waals surface area contributed by atoms with Gasteiger partial charge < -0.3 is 4.74 Å². The quantitative estimate of drug-likeness (QED) is 0.587. The number of ether oxygens (including phenoxy) is 1. The van der Waals surface area contributed by atoms with Gasteiger partial charge in [-0.2, -0.15) is 5.10 Å². The lowest BCUT2D eigenvalue weighted by Gasteiger charge is -2.08. The van der Waals surface area contributed by atoms with E-state index in [0.717, 1.165) is 27.6 Å². The van der Waals surface area contributed by atoms with Crippen molar-refractivity contribution >= 4 is 34.0 Å². The van der Waals surface area contributed by atoms with Gasteiger partial charge in [-0.1, -0.05) is 23.7 Å². The number of aromatic nitrogens is 3. The molecule has 0 saturated heterocycles. The Morgan fingerprint density at radius 3 is 2.96 bits per heavy atom. The number of halogens is 1. The van der Waals surface area contributed by atoms with Crippen LogP contribution in [-0.2, 0) is 9.53 Å². The van der Waals surface area contributed by atoms with Gasteiger partial charge in [0.1, 0.15) is 5.15 Å². The molecule has 1 aromatic carbocycles. The standard InChI is InChI=1S/C17H14ClN3O2/c1-2-23-16(22)9-13(12-4-3-7-19-10-12)11-5-6-15-14(8-11)17(18)21-20-15/h3-10H,2H2,1H3,(H,20,21)/b13-9-. The van der Waals surface area contributed by atoms with E-state index in [9.17, 15) is 4.79 Å². The van der Waals surface area contributed by atoms with Crippen molar-refractivity contribution in [1.82, 2.24) is 15.2 Å². The summed E-state index contributed by atoms with van der Waals surface area (Å²) in [6.45, 7) is 2.09. The fourth-order valence-corrected chi connectivity index (χ4v) is 2.50. The number of nitrogens with one attached hydrogen (secondary N) is 1. The fraction of sp³-hybridized carbons (Fsp3) is 0.118. The first-order valence-corrected chi connectivity index (χ1v) is 7.49. The number of nitrogens with zero attached hydrogens (tertiary/aromatic N) is 2. The van der Waals surface area contributed by atoms with Crippen molar-refractivity contribution in [3.8, 4) is 0 Å². The van der Waals surface area contributed by atoms with Crippen LogP contribution >= 0.6 is 11.6 Å². The Kier molecular flexibility index (Phi) is 4.39. The zero-order chi connectivity index (χ0) is 16.2. The van der Waals surface area contributed by atoms with E-state index in [1.165, 1.54) is 6.08 Å². The summed E-state index contributed by atoms with van der Waals surface area (Å²) in [6.07, 6.45) is 4.85. The van der Waals surface area contributed by atoms with Crippen molar-refractivity contribution in [3.63, 3.8) is 0 Å². The molecule has 0 spiro atoms. The van der Waals surface area contributed by atoms with Gasteiger partial charge in [0.25, 0.3) is 0 Å². The second-order valence-corrected chi connectivity index (χ2v) is 5.20. The summed E-state index contributed by atoms with van der Waals surface area (Å²) >= 11 is 6.11. The summed E-state index contributed by atoms with van der Waals surface area (Å²) < 4.78 is 5.03. The van der Waals surface area contributed by atoms with E-state index in [1.807, 2.05) is 30.3 Å². The highest BCUT2D eigenvalue weighted by Crippen LogP contribution is 2.28. The minimum Gasteiger partial charge on any atom is -0.463 e. The summed E-state index contributed by atoms with van der Waals surface area (Å²) in [6, 6.07) is 9.33. The van der Waals surface area contributed by atoms with Crippen molar-refractivity contribution in [2.45, 2.75) is 6.92 Å². The first-order chi connectivity index (χ1) is 11.2. The summed E-state index contributed by atoms with van der Waals surface area (Å²) in [7, 11) is 0. The fourth-order valence-electron chi connectivity index (χ4n) is 2.30. The van der Waals surface area contributed by atoms with E-state index in [2.05, 4.69) is 15.2 Å². The predicted molar refractivity (Wildman–Crippen MR) is 89.1 cm³/mol. The highest BCUT2D eigenvalue weighted by molar-refractivity contribution is 6.34. The topological polar surface area (TPSA) is 67.9 Å². The van der Waals surface area contributed by atoms with Crippen LogP contribution in [0, 0.1) is 0 Å². The van der Waals surface area contributed by atoms with Crippen LogP contribution in [-0.4, -0.2) is 27.8 Å². The summed E-state index contributed by atoms with van der Waals surface area (Å²) in [5.74, 6) is -0.398. The predicted octanol–water partition coefficient (Wildman–Crippen LogP) is 3.61. The number of hydrogen-bond acceptors (Lipinski definition) is 4. The summed E-state index contributed by atoms with van der Waals surface area (Å²) in [4.78, 5) is 16.0. The number of carbonyl (C=O) groups is 1. The molecule has 1 N–H and O–H groups in total. The van der Waals surface area contributed by atoms with Gasteiger partial charge in [0.2, 0.25) is 0 Å². The maximum atomic E-state index is 11.9. The average molecular weight is 328 g/mol. The maximum Gasteiger partial charge on any atom is 0.331 e. The molecule has 0 atom stereocenters. The van der Waals surface area contributed by atoms with Crippen LogP contribution in [0.1, 0.15) is 18.1 Å². The molecule has 0 fully saturated rings. The van der Waals surface area contributed by atoms with E-state index >= 15 is 0 Å². The third-order valence-corrected chi connectivity index (χ3v) is 3.63. The number of benzene rings is 1. The van der Waals surface area contributed by atoms with Crippen molar-refractivity contribution < 1.29 is 9.53 Å². The zero-order valence-corrected chi connectivity index (χ0v) is 13.2. The molecule has 0 amide bonds. The van der Waals surface area contributed by atoms with E-state index in [4.69, 9.17) is 16.3 Å². The van der Waals surface area contributed by atoms with E-state index < -0.39 is 5.97 Å². The average Bonchev–Trinajstić information content (AvgIpc) is 2.94. The van der Waals surface area contributed by atoms with Crippen LogP contribution in [0.15, 0.2) is 48.8 Å². The minimum absolute atomic E-state index is 0.322. The van der Waals surface area contributed by atoms with Crippen molar-refractivity contribution in [3.05, 3.63) is 65.1 Å². The number of rotatable bonds is 4. The second-order valence-electron chi connectivity index (χ2n) is 4.82. The Labute approximate surface area is 138 Å². The van der Waals surface area contributed by atoms with Crippen molar-refractivity contribution in [2.24, 2.45) is 0 Å². The summed E-state index contributed by atoms with van der Waals surface area (Å²) in [5, 5.41) is 8.09. The van der Waals surface area contributed by atoms with Crippen LogP contribution < -0.4 is 0 Å². The van der Waals surface area contributed by atoms with Gasteiger partial charge in [0.15, 0.2) is 0 Å². The number of fused-ring (bicyclic) bond motifs is 1. The lowest BCUT2D eigenvalue weighted by atomic mass is 9.98. The van der Waals surface area contributed by atoms with Gasteiger partial charge >= 0.3 is 5.97 Å². The van der Waals surface area contributed by atoms with Crippen molar-refractivity contribution in [1.29, 1.82) is 0 Å². The molecule has 6 heteroatoms. The van der Waals surface area contributed by atoms with Gasteiger partial charge in [-0.15, -0.1) is 0 Å². The molecule has 2 aromatic heterocycles. The lowest BCUT2D eigenvalue weighted by molar-refractivity contribution is -0.137. The Balaban J connectivity index is 2.13. The highest BCUT2D eigenvalue weighted by Gasteiger charge is 2.11. The first-order valence-electron chi connectivity index (χ1n) is 7.12. The number of esters is 1. The Morgan fingerprint density at radius 1 is 1.35 bits per heavy atom.